The minimum absolute atomic E-state index is 0.00621. The normalized spacial score (nSPS) is 15.3. The van der Waals surface area contributed by atoms with Crippen LogP contribution in [-0.4, -0.2) is 51.8 Å². The molecule has 0 amide bonds. The van der Waals surface area contributed by atoms with Crippen molar-refractivity contribution in [1.29, 1.82) is 0 Å². The van der Waals surface area contributed by atoms with Crippen LogP contribution in [0.1, 0.15) is 19.4 Å². The smallest absolute Gasteiger partial charge is 0.270 e. The van der Waals surface area contributed by atoms with Gasteiger partial charge in [-0.2, -0.15) is 0 Å². The van der Waals surface area contributed by atoms with Crippen molar-refractivity contribution in [3.05, 3.63) is 74.2 Å². The molecule has 28 heavy (non-hydrogen) atoms. The van der Waals surface area contributed by atoms with Crippen molar-refractivity contribution in [3.63, 3.8) is 0 Å². The average molecular weight is 385 g/mol. The van der Waals surface area contributed by atoms with Crippen molar-refractivity contribution < 1.29 is 14.8 Å². The summed E-state index contributed by atoms with van der Waals surface area (Å²) in [5.41, 5.74) is 0.795. The van der Waals surface area contributed by atoms with Crippen LogP contribution in [0, 0.1) is 10.1 Å². The van der Waals surface area contributed by atoms with E-state index in [0.29, 0.717) is 30.1 Å². The minimum Gasteiger partial charge on any atom is -0.483 e. The number of hydrogen-bond donors (Lipinski definition) is 1. The number of benzene rings is 1. The Bertz CT molecular complexity index is 993. The number of non-ortho nitro benzene ring substituents is 1. The molecular weight excluding hydrogens is 362 g/mol. The Kier molecular flexibility index (Phi) is 5.35. The second-order valence-electron chi connectivity index (χ2n) is 7.25. The van der Waals surface area contributed by atoms with Crippen molar-refractivity contribution in [3.8, 4) is 5.75 Å². The summed E-state index contributed by atoms with van der Waals surface area (Å²) in [7, 11) is 1.85. The molecule has 8 nitrogen and oxygen atoms in total. The van der Waals surface area contributed by atoms with E-state index in [9.17, 15) is 20.0 Å². The van der Waals surface area contributed by atoms with Crippen LogP contribution in [0.4, 0.5) is 5.69 Å². The number of nitro benzene ring substituents is 1. The predicted molar refractivity (Wildman–Crippen MR) is 105 cm³/mol. The van der Waals surface area contributed by atoms with Crippen molar-refractivity contribution in [2.75, 3.05) is 26.7 Å². The van der Waals surface area contributed by atoms with E-state index in [1.165, 1.54) is 22.8 Å². The van der Waals surface area contributed by atoms with Gasteiger partial charge < -0.3 is 9.84 Å². The van der Waals surface area contributed by atoms with E-state index < -0.39 is 10.5 Å². The lowest BCUT2D eigenvalue weighted by molar-refractivity contribution is -0.384. The first-order chi connectivity index (χ1) is 13.2. The maximum absolute atomic E-state index is 12.6. The Morgan fingerprint density at radius 2 is 2.04 bits per heavy atom. The summed E-state index contributed by atoms with van der Waals surface area (Å²) in [5, 5.41) is 20.6. The molecule has 1 N–H and O–H groups in total. The standard InChI is InChI=1S/C20H23N3O5/c1-20(2)16(13-21(3)10-11-24)19(22-9-5-4-6-18(22)25)15-12-14(23(26)27)7-8-17(15)28-20/h4-9,12,24H,10-11,13H2,1-3H3. The summed E-state index contributed by atoms with van der Waals surface area (Å²) >= 11 is 0. The number of nitro groups is 1. The highest BCUT2D eigenvalue weighted by Crippen LogP contribution is 2.42. The minimum atomic E-state index is -0.753. The number of ether oxygens (including phenoxy) is 1. The second kappa shape index (κ2) is 7.57. The summed E-state index contributed by atoms with van der Waals surface area (Å²) in [4.78, 5) is 25.4. The van der Waals surface area contributed by atoms with Gasteiger partial charge in [0.05, 0.1) is 17.2 Å². The molecule has 0 bridgehead atoms. The first kappa shape index (κ1) is 19.8. The molecule has 0 saturated carbocycles. The van der Waals surface area contributed by atoms with Crippen LogP contribution in [-0.2, 0) is 0 Å². The Labute approximate surface area is 162 Å². The van der Waals surface area contributed by atoms with E-state index >= 15 is 0 Å². The van der Waals surface area contributed by atoms with E-state index in [1.54, 1.807) is 24.4 Å². The van der Waals surface area contributed by atoms with Crippen LogP contribution >= 0.6 is 0 Å². The first-order valence-electron chi connectivity index (χ1n) is 8.93. The molecule has 1 aromatic carbocycles. The third-order valence-electron chi connectivity index (χ3n) is 4.78. The Balaban J connectivity index is 2.32. The number of rotatable bonds is 6. The number of nitrogens with zero attached hydrogens (tertiary/aromatic N) is 3. The van der Waals surface area contributed by atoms with Gasteiger partial charge in [-0.25, -0.2) is 0 Å². The molecule has 1 aromatic heterocycles. The summed E-state index contributed by atoms with van der Waals surface area (Å²) in [6.45, 7) is 4.65. The zero-order valence-electron chi connectivity index (χ0n) is 16.1. The summed E-state index contributed by atoms with van der Waals surface area (Å²) < 4.78 is 7.65. The van der Waals surface area contributed by atoms with Gasteiger partial charge in [-0.05, 0) is 33.0 Å². The molecule has 3 rings (SSSR count). The molecule has 2 aromatic rings. The fourth-order valence-corrected chi connectivity index (χ4v) is 3.36. The maximum atomic E-state index is 12.6. The number of aromatic nitrogens is 1. The molecule has 0 saturated heterocycles. The number of fused-ring (bicyclic) bond motifs is 1. The van der Waals surface area contributed by atoms with Crippen LogP contribution in [0.5, 0.6) is 5.75 Å². The van der Waals surface area contributed by atoms with Gasteiger partial charge in [0.1, 0.15) is 11.4 Å². The number of aliphatic hydroxyl groups excluding tert-OH is 1. The summed E-state index contributed by atoms with van der Waals surface area (Å²) in [6.07, 6.45) is 1.65. The second-order valence-corrected chi connectivity index (χ2v) is 7.25. The lowest BCUT2D eigenvalue weighted by atomic mass is 9.88. The number of pyridine rings is 1. The maximum Gasteiger partial charge on any atom is 0.270 e. The van der Waals surface area contributed by atoms with E-state index in [4.69, 9.17) is 4.74 Å². The lowest BCUT2D eigenvalue weighted by Gasteiger charge is -2.38. The van der Waals surface area contributed by atoms with Crippen molar-refractivity contribution in [2.24, 2.45) is 0 Å². The molecule has 1 aliphatic heterocycles. The van der Waals surface area contributed by atoms with Gasteiger partial charge in [-0.1, -0.05) is 6.07 Å². The van der Waals surface area contributed by atoms with Crippen LogP contribution < -0.4 is 10.3 Å². The highest BCUT2D eigenvalue weighted by Gasteiger charge is 2.37. The fraction of sp³-hybridized carbons (Fsp3) is 0.350. The van der Waals surface area contributed by atoms with Gasteiger partial charge in [-0.3, -0.25) is 24.4 Å². The SMILES string of the molecule is CN(CCO)CC1=C(n2ccccc2=O)c2cc([N+](=O)[O-])ccc2OC1(C)C. The number of aliphatic hydroxyl groups is 1. The van der Waals surface area contributed by atoms with Gasteiger partial charge in [0, 0.05) is 48.6 Å². The van der Waals surface area contributed by atoms with Crippen LogP contribution in [0.3, 0.4) is 0 Å². The van der Waals surface area contributed by atoms with Crippen LogP contribution in [0.15, 0.2) is 53.0 Å². The largest absolute Gasteiger partial charge is 0.483 e. The van der Waals surface area contributed by atoms with Gasteiger partial charge in [0.2, 0.25) is 0 Å². The van der Waals surface area contributed by atoms with Gasteiger partial charge >= 0.3 is 0 Å². The molecule has 0 radical (unpaired) electrons. The number of hydrogen-bond acceptors (Lipinski definition) is 6. The van der Waals surface area contributed by atoms with Crippen molar-refractivity contribution >= 4 is 11.4 Å². The van der Waals surface area contributed by atoms with Gasteiger partial charge in [0.15, 0.2) is 0 Å². The third-order valence-corrected chi connectivity index (χ3v) is 4.78. The van der Waals surface area contributed by atoms with Crippen LogP contribution in [0.2, 0.25) is 0 Å². The van der Waals surface area contributed by atoms with Gasteiger partial charge in [-0.15, -0.1) is 0 Å². The quantitative estimate of drug-likeness (QED) is 0.604. The molecule has 0 unspecified atom stereocenters. The first-order valence-corrected chi connectivity index (χ1v) is 8.93. The Morgan fingerprint density at radius 1 is 1.29 bits per heavy atom. The molecule has 8 heteroatoms. The zero-order chi connectivity index (χ0) is 20.5. The van der Waals surface area contributed by atoms with Crippen molar-refractivity contribution in [1.82, 2.24) is 9.47 Å². The third kappa shape index (κ3) is 3.69. The topological polar surface area (TPSA) is 97.8 Å². The summed E-state index contributed by atoms with van der Waals surface area (Å²) in [6, 6.07) is 9.23. The summed E-state index contributed by atoms with van der Waals surface area (Å²) in [5.74, 6) is 0.481. The van der Waals surface area contributed by atoms with Gasteiger partial charge in [0.25, 0.3) is 11.2 Å². The van der Waals surface area contributed by atoms with E-state index in [0.717, 1.165) is 5.57 Å². The molecule has 0 aliphatic carbocycles. The lowest BCUT2D eigenvalue weighted by Crippen LogP contribution is -2.42. The molecule has 1 aliphatic rings. The molecule has 0 fully saturated rings. The van der Waals surface area contributed by atoms with E-state index in [2.05, 4.69) is 0 Å². The molecule has 0 atom stereocenters. The molecule has 0 spiro atoms. The molecule has 2 heterocycles. The zero-order valence-corrected chi connectivity index (χ0v) is 16.1. The Morgan fingerprint density at radius 3 is 2.68 bits per heavy atom. The monoisotopic (exact) mass is 385 g/mol. The average Bonchev–Trinajstić information content (AvgIpc) is 2.62. The predicted octanol–water partition coefficient (Wildman–Crippen LogP) is 2.11. The highest BCUT2D eigenvalue weighted by molar-refractivity contribution is 5.78. The molecule has 148 valence electrons. The number of likely N-dealkylation sites (N-methyl/N-ethyl adjacent to an activating group) is 1. The molecular formula is C20H23N3O5. The fourth-order valence-electron chi connectivity index (χ4n) is 3.36. The van der Waals surface area contributed by atoms with E-state index in [1.807, 2.05) is 25.8 Å². The van der Waals surface area contributed by atoms with E-state index in [-0.39, 0.29) is 17.9 Å². The Hall–Kier alpha value is -2.97. The van der Waals surface area contributed by atoms with Crippen LogP contribution in [0.25, 0.3) is 5.70 Å². The van der Waals surface area contributed by atoms with Crippen molar-refractivity contribution in [2.45, 2.75) is 19.4 Å². The highest BCUT2D eigenvalue weighted by atomic mass is 16.6.